The highest BCUT2D eigenvalue weighted by Crippen LogP contribution is 2.45. The molecule has 8 heteroatoms. The van der Waals surface area contributed by atoms with Gasteiger partial charge in [0.1, 0.15) is 6.54 Å². The summed E-state index contributed by atoms with van der Waals surface area (Å²) < 4.78 is 1.79. The lowest BCUT2D eigenvalue weighted by Gasteiger charge is -2.23. The van der Waals surface area contributed by atoms with Crippen LogP contribution in [0.2, 0.25) is 0 Å². The first kappa shape index (κ1) is 25.2. The Hall–Kier alpha value is -4.04. The average molecular weight is 540 g/mol. The van der Waals surface area contributed by atoms with Gasteiger partial charge in [0.05, 0.1) is 43.6 Å². The third-order valence-corrected chi connectivity index (χ3v) is 8.85. The monoisotopic (exact) mass is 539 g/mol. The molecule has 2 aromatic carbocycles. The number of fused-ring (bicyclic) bond motifs is 2. The Morgan fingerprint density at radius 3 is 2.46 bits per heavy atom. The van der Waals surface area contributed by atoms with Crippen LogP contribution in [0.4, 0.5) is 0 Å². The number of hydrogen-bond acceptors (Lipinski definition) is 5. The largest absolute Gasteiger partial charge is 0.480 e. The number of carbonyl (C=O) groups is 2. The van der Waals surface area contributed by atoms with Gasteiger partial charge in [0.2, 0.25) is 0 Å². The number of carboxylic acid groups (broad SMARTS) is 2. The highest BCUT2D eigenvalue weighted by Gasteiger charge is 2.28. The van der Waals surface area contributed by atoms with Crippen LogP contribution in [0.5, 0.6) is 0 Å². The van der Waals surface area contributed by atoms with Gasteiger partial charge in [-0.2, -0.15) is 0 Å². The summed E-state index contributed by atoms with van der Waals surface area (Å²) in [5, 5.41) is 22.4. The fourth-order valence-electron chi connectivity index (χ4n) is 6.09. The van der Waals surface area contributed by atoms with Crippen LogP contribution in [-0.4, -0.2) is 36.7 Å². The van der Waals surface area contributed by atoms with Crippen LogP contribution in [0.25, 0.3) is 43.6 Å². The molecule has 198 valence electrons. The molecule has 1 aliphatic rings. The van der Waals surface area contributed by atoms with E-state index in [0.29, 0.717) is 5.52 Å². The molecule has 0 unspecified atom stereocenters. The molecule has 5 aromatic rings. The van der Waals surface area contributed by atoms with Crippen molar-refractivity contribution in [2.24, 2.45) is 0 Å². The van der Waals surface area contributed by atoms with Crippen molar-refractivity contribution in [3.05, 3.63) is 70.4 Å². The summed E-state index contributed by atoms with van der Waals surface area (Å²) in [5.74, 6) is -1.71. The van der Waals surface area contributed by atoms with Crippen LogP contribution in [0.3, 0.4) is 0 Å². The first-order valence-corrected chi connectivity index (χ1v) is 14.1. The minimum Gasteiger partial charge on any atom is -0.480 e. The Kier molecular flexibility index (Phi) is 6.43. The number of thiazole rings is 1. The summed E-state index contributed by atoms with van der Waals surface area (Å²) in [6.45, 7) is 3.74. The van der Waals surface area contributed by atoms with Gasteiger partial charge in [0, 0.05) is 10.8 Å². The smallest absolute Gasteiger partial charge is 0.335 e. The lowest BCUT2D eigenvalue weighted by atomic mass is 9.81. The van der Waals surface area contributed by atoms with Crippen LogP contribution in [-0.2, 0) is 11.3 Å². The Bertz CT molecular complexity index is 1760. The van der Waals surface area contributed by atoms with E-state index >= 15 is 0 Å². The molecule has 0 atom stereocenters. The van der Waals surface area contributed by atoms with Gasteiger partial charge in [0.25, 0.3) is 0 Å². The predicted octanol–water partition coefficient (Wildman–Crippen LogP) is 7.43. The van der Waals surface area contributed by atoms with Gasteiger partial charge in [-0.25, -0.2) is 14.8 Å². The lowest BCUT2D eigenvalue weighted by Crippen LogP contribution is -2.12. The third kappa shape index (κ3) is 4.59. The molecule has 1 fully saturated rings. The van der Waals surface area contributed by atoms with Gasteiger partial charge in [0.15, 0.2) is 0 Å². The number of carboxylic acids is 2. The van der Waals surface area contributed by atoms with E-state index in [2.05, 4.69) is 17.1 Å². The first-order valence-electron chi connectivity index (χ1n) is 13.3. The summed E-state index contributed by atoms with van der Waals surface area (Å²) in [7, 11) is 0. The van der Waals surface area contributed by atoms with Crippen molar-refractivity contribution in [1.29, 1.82) is 0 Å². The van der Waals surface area contributed by atoms with Crippen molar-refractivity contribution in [3.8, 4) is 21.8 Å². The van der Waals surface area contributed by atoms with Crippen LogP contribution in [0.1, 0.15) is 64.6 Å². The predicted molar refractivity (Wildman–Crippen MR) is 154 cm³/mol. The van der Waals surface area contributed by atoms with E-state index in [1.807, 2.05) is 38.1 Å². The van der Waals surface area contributed by atoms with Gasteiger partial charge >= 0.3 is 11.9 Å². The molecule has 1 saturated carbocycles. The van der Waals surface area contributed by atoms with E-state index in [9.17, 15) is 19.8 Å². The molecule has 39 heavy (non-hydrogen) atoms. The van der Waals surface area contributed by atoms with Gasteiger partial charge in [-0.3, -0.25) is 4.79 Å². The molecule has 0 saturated heterocycles. The Labute approximate surface area is 229 Å². The molecular weight excluding hydrogens is 510 g/mol. The second-order valence-corrected chi connectivity index (χ2v) is 11.6. The molecule has 2 N–H and O–H groups in total. The van der Waals surface area contributed by atoms with Gasteiger partial charge < -0.3 is 14.8 Å². The van der Waals surface area contributed by atoms with Crippen LogP contribution >= 0.6 is 11.3 Å². The fourth-order valence-corrected chi connectivity index (χ4v) is 6.98. The molecule has 3 aromatic heterocycles. The van der Waals surface area contributed by atoms with Gasteiger partial charge in [-0.05, 0) is 74.1 Å². The van der Waals surface area contributed by atoms with Crippen molar-refractivity contribution in [2.45, 2.75) is 58.4 Å². The number of aromatic nitrogens is 3. The Balaban J connectivity index is 1.57. The molecule has 0 radical (unpaired) electrons. The summed E-state index contributed by atoms with van der Waals surface area (Å²) in [6.07, 6.45) is 5.52. The van der Waals surface area contributed by atoms with E-state index in [-0.39, 0.29) is 18.0 Å². The van der Waals surface area contributed by atoms with Crippen molar-refractivity contribution in [2.75, 3.05) is 0 Å². The minimum atomic E-state index is -1.03. The molecule has 0 aliphatic heterocycles. The number of hydrogen-bond donors (Lipinski definition) is 2. The Morgan fingerprint density at radius 1 is 0.974 bits per heavy atom. The summed E-state index contributed by atoms with van der Waals surface area (Å²) in [4.78, 5) is 34.4. The third-order valence-electron chi connectivity index (χ3n) is 7.76. The second-order valence-electron chi connectivity index (χ2n) is 10.4. The molecule has 3 heterocycles. The zero-order valence-corrected chi connectivity index (χ0v) is 22.7. The van der Waals surface area contributed by atoms with Gasteiger partial charge in [-0.15, -0.1) is 11.3 Å². The summed E-state index contributed by atoms with van der Waals surface area (Å²) in [5.41, 5.74) is 6.42. The Morgan fingerprint density at radius 2 is 1.77 bits per heavy atom. The zero-order chi connectivity index (χ0) is 27.3. The van der Waals surface area contributed by atoms with Crippen LogP contribution in [0.15, 0.2) is 48.5 Å². The highest BCUT2D eigenvalue weighted by molar-refractivity contribution is 7.15. The topological polar surface area (TPSA) is 105 Å². The maximum Gasteiger partial charge on any atom is 0.335 e. The number of aliphatic carboxylic acids is 1. The molecular formula is C31H29N3O4S. The molecule has 7 nitrogen and oxygen atoms in total. The SMILES string of the molecule is Cc1nc(C)c(-c2ccc3cc(-c4c(C5CCCCC5)c5ccc(C(=O)O)cc5n4CC(=O)O)ccc3n2)s1. The standard InChI is InChI=1S/C31H29N3O4S/c1-17-30(39-18(2)32-17)25-13-9-20-14-21(10-12-24(20)33-25)29-28(19-6-4-3-5-7-19)23-11-8-22(31(37)38)15-26(23)34(29)16-27(35)36/h8-15,19H,3-7,16H2,1-2H3,(H,35,36)(H,37,38). The van der Waals surface area contributed by atoms with Crippen LogP contribution < -0.4 is 0 Å². The van der Waals surface area contributed by atoms with Gasteiger partial charge in [-0.1, -0.05) is 37.5 Å². The number of benzene rings is 2. The van der Waals surface area contributed by atoms with Crippen LogP contribution in [0, 0.1) is 13.8 Å². The van der Waals surface area contributed by atoms with Crippen molar-refractivity contribution in [3.63, 3.8) is 0 Å². The first-order chi connectivity index (χ1) is 18.8. The molecule has 0 bridgehead atoms. The number of pyridine rings is 1. The second kappa shape index (κ2) is 9.93. The van der Waals surface area contributed by atoms with Crippen molar-refractivity contribution >= 4 is 45.1 Å². The number of nitrogens with zero attached hydrogens (tertiary/aromatic N) is 3. The van der Waals surface area contributed by atoms with E-state index in [4.69, 9.17) is 4.98 Å². The average Bonchev–Trinajstić information content (AvgIpc) is 3.43. The van der Waals surface area contributed by atoms with E-state index in [0.717, 1.165) is 80.1 Å². The maximum absolute atomic E-state index is 12.1. The lowest BCUT2D eigenvalue weighted by molar-refractivity contribution is -0.137. The molecule has 6 rings (SSSR count). The molecule has 0 amide bonds. The number of aromatic carboxylic acids is 1. The maximum atomic E-state index is 12.1. The van der Waals surface area contributed by atoms with Crippen molar-refractivity contribution in [1.82, 2.24) is 14.5 Å². The molecule has 1 aliphatic carbocycles. The normalized spacial score (nSPS) is 14.3. The summed E-state index contributed by atoms with van der Waals surface area (Å²) >= 11 is 1.63. The van der Waals surface area contributed by atoms with E-state index < -0.39 is 11.9 Å². The quantitative estimate of drug-likeness (QED) is 0.232. The minimum absolute atomic E-state index is 0.150. The summed E-state index contributed by atoms with van der Waals surface area (Å²) in [6, 6.07) is 15.3. The molecule has 0 spiro atoms. The van der Waals surface area contributed by atoms with Crippen molar-refractivity contribution < 1.29 is 19.8 Å². The van der Waals surface area contributed by atoms with E-state index in [1.165, 1.54) is 6.42 Å². The fraction of sp³-hybridized carbons (Fsp3) is 0.290. The number of aryl methyl sites for hydroxylation is 2. The number of rotatable bonds is 6. The van der Waals surface area contributed by atoms with E-state index in [1.54, 1.807) is 28.0 Å². The zero-order valence-electron chi connectivity index (χ0n) is 21.9. The highest BCUT2D eigenvalue weighted by atomic mass is 32.1.